The molecule has 16 heavy (non-hydrogen) atoms. The maximum atomic E-state index is 11.3. The minimum absolute atomic E-state index is 0.0719. The summed E-state index contributed by atoms with van der Waals surface area (Å²) in [5, 5.41) is 6.52. The molecule has 1 aliphatic rings. The Hall–Kier alpha value is -1.43. The average Bonchev–Trinajstić information content (AvgIpc) is 2.58. The van der Waals surface area contributed by atoms with Crippen LogP contribution < -0.4 is 5.32 Å². The van der Waals surface area contributed by atoms with Crippen LogP contribution >= 0.6 is 0 Å². The number of likely N-dealkylation sites (tertiary alicyclic amines) is 1. The number of nitrogens with zero attached hydrogens (tertiary/aromatic N) is 3. The summed E-state index contributed by atoms with van der Waals surface area (Å²) in [6, 6.07) is 0. The standard InChI is InChI=1S/C10H16N4O2/c1-3-11-9(15)6-14-4-8(5-14)10-12-7(2)13-16-10/h8H,3-6H2,1-2H3,(H,11,15). The molecule has 0 aliphatic carbocycles. The second kappa shape index (κ2) is 4.61. The van der Waals surface area contributed by atoms with Gasteiger partial charge in [0.05, 0.1) is 12.5 Å². The van der Waals surface area contributed by atoms with Crippen molar-refractivity contribution < 1.29 is 9.32 Å². The van der Waals surface area contributed by atoms with E-state index in [0.717, 1.165) is 13.1 Å². The Morgan fingerprint density at radius 2 is 2.38 bits per heavy atom. The predicted octanol–water partition coefficient (Wildman–Crippen LogP) is -0.0867. The van der Waals surface area contributed by atoms with Gasteiger partial charge in [-0.1, -0.05) is 5.16 Å². The lowest BCUT2D eigenvalue weighted by molar-refractivity contribution is -0.123. The average molecular weight is 224 g/mol. The van der Waals surface area contributed by atoms with Crippen LogP contribution in [0.3, 0.4) is 0 Å². The van der Waals surface area contributed by atoms with Crippen molar-refractivity contribution >= 4 is 5.91 Å². The number of amides is 1. The number of rotatable bonds is 4. The van der Waals surface area contributed by atoms with E-state index in [4.69, 9.17) is 4.52 Å². The Morgan fingerprint density at radius 1 is 1.62 bits per heavy atom. The number of carbonyl (C=O) groups is 1. The molecule has 2 rings (SSSR count). The van der Waals surface area contributed by atoms with Gasteiger partial charge in [-0.25, -0.2) is 0 Å². The summed E-state index contributed by atoms with van der Waals surface area (Å²) in [4.78, 5) is 17.5. The van der Waals surface area contributed by atoms with Crippen LogP contribution in [0.1, 0.15) is 24.6 Å². The van der Waals surface area contributed by atoms with Crippen molar-refractivity contribution in [1.82, 2.24) is 20.4 Å². The van der Waals surface area contributed by atoms with Crippen molar-refractivity contribution in [2.45, 2.75) is 19.8 Å². The zero-order valence-corrected chi connectivity index (χ0v) is 9.56. The van der Waals surface area contributed by atoms with E-state index in [0.29, 0.717) is 24.8 Å². The van der Waals surface area contributed by atoms with E-state index in [2.05, 4.69) is 20.4 Å². The first-order valence-electron chi connectivity index (χ1n) is 5.48. The SMILES string of the molecule is CCNC(=O)CN1CC(c2nc(C)no2)C1. The van der Waals surface area contributed by atoms with Gasteiger partial charge in [0.15, 0.2) is 5.82 Å². The predicted molar refractivity (Wildman–Crippen MR) is 56.9 cm³/mol. The molecule has 1 fully saturated rings. The molecule has 0 unspecified atom stereocenters. The lowest BCUT2D eigenvalue weighted by atomic mass is 10.0. The summed E-state index contributed by atoms with van der Waals surface area (Å²) in [6.07, 6.45) is 0. The molecular weight excluding hydrogens is 208 g/mol. The van der Waals surface area contributed by atoms with Gasteiger partial charge in [-0.05, 0) is 13.8 Å². The minimum Gasteiger partial charge on any atom is -0.355 e. The summed E-state index contributed by atoms with van der Waals surface area (Å²) >= 11 is 0. The molecule has 0 bridgehead atoms. The number of aryl methyl sites for hydroxylation is 1. The van der Waals surface area contributed by atoms with Gasteiger partial charge < -0.3 is 9.84 Å². The van der Waals surface area contributed by atoms with E-state index in [1.165, 1.54) is 0 Å². The molecule has 0 saturated carbocycles. The Kier molecular flexibility index (Phi) is 3.19. The molecule has 0 atom stereocenters. The van der Waals surface area contributed by atoms with E-state index in [1.807, 2.05) is 6.92 Å². The molecule has 1 aromatic rings. The maximum Gasteiger partial charge on any atom is 0.234 e. The number of likely N-dealkylation sites (N-methyl/N-ethyl adjacent to an activating group) is 1. The van der Waals surface area contributed by atoms with Gasteiger partial charge in [-0.3, -0.25) is 9.69 Å². The Balaban J connectivity index is 1.75. The molecule has 0 radical (unpaired) electrons. The second-order valence-corrected chi connectivity index (χ2v) is 4.02. The molecule has 0 spiro atoms. The van der Waals surface area contributed by atoms with Crippen LogP contribution in [0.5, 0.6) is 0 Å². The highest BCUT2D eigenvalue weighted by atomic mass is 16.5. The van der Waals surface area contributed by atoms with Gasteiger partial charge in [0.2, 0.25) is 11.8 Å². The van der Waals surface area contributed by atoms with E-state index in [1.54, 1.807) is 6.92 Å². The lowest BCUT2D eigenvalue weighted by Crippen LogP contribution is -2.49. The molecule has 1 saturated heterocycles. The number of carbonyl (C=O) groups excluding carboxylic acids is 1. The topological polar surface area (TPSA) is 71.3 Å². The van der Waals surface area contributed by atoms with Crippen molar-refractivity contribution in [2.24, 2.45) is 0 Å². The summed E-state index contributed by atoms with van der Waals surface area (Å²) < 4.78 is 5.08. The first-order valence-corrected chi connectivity index (χ1v) is 5.48. The summed E-state index contributed by atoms with van der Waals surface area (Å²) in [7, 11) is 0. The number of hydrogen-bond donors (Lipinski definition) is 1. The van der Waals surface area contributed by atoms with E-state index in [9.17, 15) is 4.79 Å². The van der Waals surface area contributed by atoms with Crippen molar-refractivity contribution in [1.29, 1.82) is 0 Å². The molecular formula is C10H16N4O2. The fourth-order valence-corrected chi connectivity index (χ4v) is 1.79. The number of hydrogen-bond acceptors (Lipinski definition) is 5. The molecule has 6 nitrogen and oxygen atoms in total. The van der Waals surface area contributed by atoms with E-state index >= 15 is 0 Å². The van der Waals surface area contributed by atoms with Crippen LogP contribution in [0, 0.1) is 6.92 Å². The number of nitrogens with one attached hydrogen (secondary N) is 1. The Bertz CT molecular complexity index is 371. The van der Waals surface area contributed by atoms with Gasteiger partial charge in [0.1, 0.15) is 0 Å². The van der Waals surface area contributed by atoms with Gasteiger partial charge in [0.25, 0.3) is 0 Å². The largest absolute Gasteiger partial charge is 0.355 e. The number of aromatic nitrogens is 2. The highest BCUT2D eigenvalue weighted by Crippen LogP contribution is 2.24. The molecule has 88 valence electrons. The highest BCUT2D eigenvalue weighted by molar-refractivity contribution is 5.78. The van der Waals surface area contributed by atoms with Gasteiger partial charge in [0, 0.05) is 19.6 Å². The normalized spacial score (nSPS) is 17.1. The molecule has 0 aromatic carbocycles. The molecule has 2 heterocycles. The quantitative estimate of drug-likeness (QED) is 0.774. The monoisotopic (exact) mass is 224 g/mol. The van der Waals surface area contributed by atoms with Gasteiger partial charge in [-0.2, -0.15) is 4.98 Å². The third-order valence-electron chi connectivity index (χ3n) is 2.59. The first-order chi connectivity index (χ1) is 7.69. The molecule has 1 amide bonds. The van der Waals surface area contributed by atoms with Crippen LogP contribution in [0.25, 0.3) is 0 Å². The Labute approximate surface area is 94.0 Å². The van der Waals surface area contributed by atoms with Crippen LogP contribution in [0.2, 0.25) is 0 Å². The zero-order chi connectivity index (χ0) is 11.5. The van der Waals surface area contributed by atoms with Crippen LogP contribution in [-0.2, 0) is 4.79 Å². The molecule has 1 N–H and O–H groups in total. The zero-order valence-electron chi connectivity index (χ0n) is 9.56. The minimum atomic E-state index is 0.0719. The second-order valence-electron chi connectivity index (χ2n) is 4.02. The smallest absolute Gasteiger partial charge is 0.234 e. The lowest BCUT2D eigenvalue weighted by Gasteiger charge is -2.36. The van der Waals surface area contributed by atoms with Crippen LogP contribution in [0.4, 0.5) is 0 Å². The van der Waals surface area contributed by atoms with Gasteiger partial charge in [-0.15, -0.1) is 0 Å². The summed E-state index contributed by atoms with van der Waals surface area (Å²) in [5.74, 6) is 1.71. The molecule has 6 heteroatoms. The molecule has 1 aliphatic heterocycles. The molecule has 1 aromatic heterocycles. The summed E-state index contributed by atoms with van der Waals surface area (Å²) in [5.41, 5.74) is 0. The van der Waals surface area contributed by atoms with Crippen molar-refractivity contribution in [3.05, 3.63) is 11.7 Å². The van der Waals surface area contributed by atoms with Gasteiger partial charge >= 0.3 is 0 Å². The fourth-order valence-electron chi connectivity index (χ4n) is 1.79. The van der Waals surface area contributed by atoms with Crippen LogP contribution in [0.15, 0.2) is 4.52 Å². The van der Waals surface area contributed by atoms with Crippen molar-refractivity contribution in [2.75, 3.05) is 26.2 Å². The van der Waals surface area contributed by atoms with E-state index in [-0.39, 0.29) is 11.8 Å². The fraction of sp³-hybridized carbons (Fsp3) is 0.700. The van der Waals surface area contributed by atoms with Crippen molar-refractivity contribution in [3.63, 3.8) is 0 Å². The van der Waals surface area contributed by atoms with E-state index < -0.39 is 0 Å². The highest BCUT2D eigenvalue weighted by Gasteiger charge is 2.33. The third-order valence-corrected chi connectivity index (χ3v) is 2.59. The van der Waals surface area contributed by atoms with Crippen molar-refractivity contribution in [3.8, 4) is 0 Å². The maximum absolute atomic E-state index is 11.3. The Morgan fingerprint density at radius 3 is 2.94 bits per heavy atom. The first kappa shape index (κ1) is 11.1. The third kappa shape index (κ3) is 2.38. The summed E-state index contributed by atoms with van der Waals surface area (Å²) in [6.45, 7) is 6.49. The van der Waals surface area contributed by atoms with Crippen LogP contribution in [-0.4, -0.2) is 47.1 Å².